The Labute approximate surface area is 107 Å². The number of aromatic amines is 1. The maximum atomic E-state index is 11.7. The Bertz CT molecular complexity index is 535. The molecule has 0 aliphatic heterocycles. The fourth-order valence-corrected chi connectivity index (χ4v) is 2.97. The number of rotatable bonds is 4. The van der Waals surface area contributed by atoms with Crippen LogP contribution in [0.2, 0.25) is 0 Å². The molecule has 7 heteroatoms. The Morgan fingerprint density at radius 1 is 1.71 bits per heavy atom. The predicted octanol–water partition coefficient (Wildman–Crippen LogP) is 1.91. The summed E-state index contributed by atoms with van der Waals surface area (Å²) in [6.45, 7) is 0. The van der Waals surface area contributed by atoms with Gasteiger partial charge in [0.1, 0.15) is 5.65 Å². The molecule has 92 valence electrons. The van der Waals surface area contributed by atoms with Crippen molar-refractivity contribution < 1.29 is 9.63 Å². The minimum Gasteiger partial charge on any atom is -0.345 e. The standard InChI is InChI=1S/C10H13N3O2S2/c1-13(15-2)7(14)4-6-5-11-9-8(6)17-10(12-9)16-3/h5,11H,4H2,1-3H3. The molecule has 0 bridgehead atoms. The van der Waals surface area contributed by atoms with Crippen molar-refractivity contribution in [1.29, 1.82) is 0 Å². The second-order valence-corrected chi connectivity index (χ2v) is 5.48. The molecule has 0 spiro atoms. The fraction of sp³-hybridized carbons (Fsp3) is 0.400. The largest absolute Gasteiger partial charge is 0.345 e. The molecule has 1 N–H and O–H groups in total. The van der Waals surface area contributed by atoms with Crippen molar-refractivity contribution in [2.45, 2.75) is 10.8 Å². The van der Waals surface area contributed by atoms with E-state index in [-0.39, 0.29) is 5.91 Å². The summed E-state index contributed by atoms with van der Waals surface area (Å²) in [5.74, 6) is -0.0764. The van der Waals surface area contributed by atoms with E-state index in [2.05, 4.69) is 9.97 Å². The molecule has 0 aromatic carbocycles. The van der Waals surface area contributed by atoms with Gasteiger partial charge in [0, 0.05) is 13.2 Å². The molecule has 2 heterocycles. The van der Waals surface area contributed by atoms with Gasteiger partial charge in [0.2, 0.25) is 5.91 Å². The van der Waals surface area contributed by atoms with Crippen molar-refractivity contribution in [3.63, 3.8) is 0 Å². The van der Waals surface area contributed by atoms with E-state index in [4.69, 9.17) is 4.84 Å². The average molecular weight is 271 g/mol. The Kier molecular flexibility index (Phi) is 3.70. The third kappa shape index (κ3) is 2.46. The molecule has 0 aliphatic rings. The maximum Gasteiger partial charge on any atom is 0.250 e. The number of hydrogen-bond acceptors (Lipinski definition) is 5. The van der Waals surface area contributed by atoms with Crippen LogP contribution in [0, 0.1) is 0 Å². The molecule has 0 aliphatic carbocycles. The molecule has 5 nitrogen and oxygen atoms in total. The predicted molar refractivity (Wildman–Crippen MR) is 69.2 cm³/mol. The van der Waals surface area contributed by atoms with E-state index >= 15 is 0 Å². The second kappa shape index (κ2) is 5.07. The SMILES string of the molecule is CON(C)C(=O)Cc1c[nH]c2nc(SC)sc12. The normalized spacial score (nSPS) is 11.0. The Hall–Kier alpha value is -1.05. The monoisotopic (exact) mass is 271 g/mol. The Morgan fingerprint density at radius 3 is 3.12 bits per heavy atom. The topological polar surface area (TPSA) is 58.2 Å². The highest BCUT2D eigenvalue weighted by atomic mass is 32.2. The summed E-state index contributed by atoms with van der Waals surface area (Å²) in [6.07, 6.45) is 4.14. The van der Waals surface area contributed by atoms with Crippen LogP contribution in [0.4, 0.5) is 0 Å². The van der Waals surface area contributed by atoms with Gasteiger partial charge in [0.15, 0.2) is 4.34 Å². The molecule has 0 radical (unpaired) electrons. The quantitative estimate of drug-likeness (QED) is 0.681. The van der Waals surface area contributed by atoms with Gasteiger partial charge in [-0.2, -0.15) is 0 Å². The van der Waals surface area contributed by atoms with Gasteiger partial charge in [-0.15, -0.1) is 11.3 Å². The van der Waals surface area contributed by atoms with Crippen molar-refractivity contribution in [3.8, 4) is 0 Å². The van der Waals surface area contributed by atoms with E-state index in [1.807, 2.05) is 12.5 Å². The van der Waals surface area contributed by atoms with Crippen molar-refractivity contribution in [3.05, 3.63) is 11.8 Å². The van der Waals surface area contributed by atoms with Crippen molar-refractivity contribution >= 4 is 39.4 Å². The number of H-pyrrole nitrogens is 1. The summed E-state index contributed by atoms with van der Waals surface area (Å²) < 4.78 is 2.05. The maximum absolute atomic E-state index is 11.7. The highest BCUT2D eigenvalue weighted by Crippen LogP contribution is 2.30. The summed E-state index contributed by atoms with van der Waals surface area (Å²) >= 11 is 3.21. The van der Waals surface area contributed by atoms with Crippen LogP contribution in [0.25, 0.3) is 10.3 Å². The van der Waals surface area contributed by atoms with Crippen LogP contribution in [-0.4, -0.2) is 41.4 Å². The number of aromatic nitrogens is 2. The van der Waals surface area contributed by atoms with Gasteiger partial charge < -0.3 is 4.98 Å². The molecule has 0 fully saturated rings. The van der Waals surface area contributed by atoms with Gasteiger partial charge in [-0.1, -0.05) is 11.8 Å². The smallest absolute Gasteiger partial charge is 0.250 e. The number of hydroxylamine groups is 2. The zero-order chi connectivity index (χ0) is 12.4. The van der Waals surface area contributed by atoms with Crippen molar-refractivity contribution in [2.75, 3.05) is 20.4 Å². The first-order valence-corrected chi connectivity index (χ1v) is 7.01. The molecule has 0 saturated heterocycles. The van der Waals surface area contributed by atoms with Crippen LogP contribution in [0.1, 0.15) is 5.56 Å². The number of nitrogens with zero attached hydrogens (tertiary/aromatic N) is 2. The van der Waals surface area contributed by atoms with E-state index in [0.717, 1.165) is 20.3 Å². The number of hydrogen-bond donors (Lipinski definition) is 1. The van der Waals surface area contributed by atoms with Crippen LogP contribution in [0.15, 0.2) is 10.5 Å². The first kappa shape index (κ1) is 12.4. The highest BCUT2D eigenvalue weighted by Gasteiger charge is 2.15. The van der Waals surface area contributed by atoms with Crippen LogP contribution in [-0.2, 0) is 16.1 Å². The lowest BCUT2D eigenvalue weighted by atomic mass is 10.2. The number of fused-ring (bicyclic) bond motifs is 1. The number of carbonyl (C=O) groups excluding carboxylic acids is 1. The third-order valence-corrected chi connectivity index (χ3v) is 4.54. The lowest BCUT2D eigenvalue weighted by molar-refractivity contribution is -0.167. The summed E-state index contributed by atoms with van der Waals surface area (Å²) in [5.41, 5.74) is 1.81. The molecule has 17 heavy (non-hydrogen) atoms. The summed E-state index contributed by atoms with van der Waals surface area (Å²) in [6, 6.07) is 0. The molecule has 2 rings (SSSR count). The van der Waals surface area contributed by atoms with Gasteiger partial charge in [0.05, 0.1) is 18.2 Å². The summed E-state index contributed by atoms with van der Waals surface area (Å²) in [4.78, 5) is 24.1. The minimum absolute atomic E-state index is 0.0764. The van der Waals surface area contributed by atoms with E-state index in [1.165, 1.54) is 12.2 Å². The number of thiazole rings is 1. The number of carbonyl (C=O) groups is 1. The lowest BCUT2D eigenvalue weighted by Crippen LogP contribution is -2.26. The van der Waals surface area contributed by atoms with E-state index in [1.54, 1.807) is 30.1 Å². The Morgan fingerprint density at radius 2 is 2.47 bits per heavy atom. The number of amides is 1. The van der Waals surface area contributed by atoms with Crippen LogP contribution < -0.4 is 0 Å². The minimum atomic E-state index is -0.0764. The van der Waals surface area contributed by atoms with E-state index in [9.17, 15) is 4.79 Å². The van der Waals surface area contributed by atoms with Crippen LogP contribution in [0.5, 0.6) is 0 Å². The summed E-state index contributed by atoms with van der Waals surface area (Å²) in [7, 11) is 3.08. The molecule has 2 aromatic heterocycles. The van der Waals surface area contributed by atoms with Crippen LogP contribution in [0.3, 0.4) is 0 Å². The van der Waals surface area contributed by atoms with Crippen LogP contribution >= 0.6 is 23.1 Å². The number of thioether (sulfide) groups is 1. The molecule has 1 amide bonds. The summed E-state index contributed by atoms with van der Waals surface area (Å²) in [5, 5.41) is 1.23. The number of likely N-dealkylation sites (N-methyl/N-ethyl adjacent to an activating group) is 1. The molecule has 0 atom stereocenters. The van der Waals surface area contributed by atoms with Gasteiger partial charge >= 0.3 is 0 Å². The highest BCUT2D eigenvalue weighted by molar-refractivity contribution is 8.00. The molecule has 0 unspecified atom stereocenters. The van der Waals surface area contributed by atoms with E-state index in [0.29, 0.717) is 6.42 Å². The van der Waals surface area contributed by atoms with Gasteiger partial charge in [-0.3, -0.25) is 9.63 Å². The number of nitrogens with one attached hydrogen (secondary N) is 1. The molecular weight excluding hydrogens is 258 g/mol. The lowest BCUT2D eigenvalue weighted by Gasteiger charge is -2.12. The first-order chi connectivity index (χ1) is 8.15. The fourth-order valence-electron chi connectivity index (χ4n) is 1.43. The van der Waals surface area contributed by atoms with Crippen molar-refractivity contribution in [1.82, 2.24) is 15.0 Å². The zero-order valence-corrected chi connectivity index (χ0v) is 11.4. The van der Waals surface area contributed by atoms with Gasteiger partial charge in [-0.05, 0) is 11.8 Å². The first-order valence-electron chi connectivity index (χ1n) is 4.97. The molecule has 0 saturated carbocycles. The second-order valence-electron chi connectivity index (χ2n) is 3.43. The van der Waals surface area contributed by atoms with Crippen molar-refractivity contribution in [2.24, 2.45) is 0 Å². The molecule has 2 aromatic rings. The average Bonchev–Trinajstić information content (AvgIpc) is 2.89. The Balaban J connectivity index is 2.23. The van der Waals surface area contributed by atoms with E-state index < -0.39 is 0 Å². The molecular formula is C10H13N3O2S2. The third-order valence-electron chi connectivity index (χ3n) is 2.42. The zero-order valence-electron chi connectivity index (χ0n) is 9.81. The van der Waals surface area contributed by atoms with Gasteiger partial charge in [-0.25, -0.2) is 10.0 Å². The van der Waals surface area contributed by atoms with Gasteiger partial charge in [0.25, 0.3) is 0 Å².